The van der Waals surface area contributed by atoms with Crippen molar-refractivity contribution in [1.29, 1.82) is 0 Å². The molecule has 1 fully saturated rings. The van der Waals surface area contributed by atoms with Gasteiger partial charge in [0.05, 0.1) is 6.61 Å². The molecule has 172 valence electrons. The number of carboxylic acids is 1. The van der Waals surface area contributed by atoms with Crippen LogP contribution in [0.1, 0.15) is 23.6 Å². The molecule has 8 nitrogen and oxygen atoms in total. The van der Waals surface area contributed by atoms with Crippen molar-refractivity contribution in [3.8, 4) is 11.5 Å². The minimum Gasteiger partial charge on any atom is -0.490 e. The number of halogens is 1. The molecule has 33 heavy (non-hydrogen) atoms. The summed E-state index contributed by atoms with van der Waals surface area (Å²) >= 11 is 5.94. The summed E-state index contributed by atoms with van der Waals surface area (Å²) in [6, 6.07) is 10.0. The summed E-state index contributed by atoms with van der Waals surface area (Å²) in [6.07, 6.45) is 3.66. The number of carbonyl (C=O) groups excluding carboxylic acids is 2. The molecule has 3 rings (SSSR count). The molecule has 1 heterocycles. The molecule has 0 atom stereocenters. The standard InChI is InChI=1S/C24H23ClN2O6/c1-3-5-17-10-16(11-19-23(30)27(13-21(28)29)24(31)26-19)12-20(32-4-2)22(17)33-14-15-6-8-18(25)9-7-15/h3,6-12H,1,4-5,13-14H2,2H3,(H,26,31)(H,28,29)/b19-11+. The number of ether oxygens (including phenoxy) is 2. The van der Waals surface area contributed by atoms with Crippen molar-refractivity contribution >= 4 is 35.6 Å². The number of hydrogen-bond acceptors (Lipinski definition) is 5. The van der Waals surface area contributed by atoms with E-state index in [1.165, 1.54) is 6.08 Å². The van der Waals surface area contributed by atoms with Gasteiger partial charge >= 0.3 is 12.0 Å². The monoisotopic (exact) mass is 470 g/mol. The summed E-state index contributed by atoms with van der Waals surface area (Å²) in [5, 5.41) is 12.0. The molecule has 0 bridgehead atoms. The first kappa shape index (κ1) is 23.9. The van der Waals surface area contributed by atoms with Crippen LogP contribution in [-0.2, 0) is 22.6 Å². The van der Waals surface area contributed by atoms with Gasteiger partial charge in [-0.1, -0.05) is 29.8 Å². The van der Waals surface area contributed by atoms with E-state index >= 15 is 0 Å². The van der Waals surface area contributed by atoms with Crippen LogP contribution in [0.4, 0.5) is 4.79 Å². The zero-order valence-corrected chi connectivity index (χ0v) is 18.7. The number of urea groups is 1. The third kappa shape index (κ3) is 5.93. The summed E-state index contributed by atoms with van der Waals surface area (Å²) in [7, 11) is 0. The van der Waals surface area contributed by atoms with Crippen molar-refractivity contribution in [1.82, 2.24) is 10.2 Å². The Balaban J connectivity index is 1.93. The van der Waals surface area contributed by atoms with E-state index in [0.717, 1.165) is 11.1 Å². The second-order valence-corrected chi connectivity index (χ2v) is 7.56. The van der Waals surface area contributed by atoms with Crippen LogP contribution in [0.3, 0.4) is 0 Å². The highest BCUT2D eigenvalue weighted by Gasteiger charge is 2.35. The number of amides is 3. The van der Waals surface area contributed by atoms with Crippen LogP contribution in [-0.4, -0.2) is 41.1 Å². The van der Waals surface area contributed by atoms with E-state index in [9.17, 15) is 14.4 Å². The molecule has 2 N–H and O–H groups in total. The van der Waals surface area contributed by atoms with E-state index in [2.05, 4.69) is 11.9 Å². The molecule has 0 radical (unpaired) electrons. The smallest absolute Gasteiger partial charge is 0.329 e. The number of carbonyl (C=O) groups is 3. The van der Waals surface area contributed by atoms with Crippen molar-refractivity contribution in [3.05, 3.63) is 76.5 Å². The van der Waals surface area contributed by atoms with Gasteiger partial charge in [-0.2, -0.15) is 0 Å². The third-order valence-electron chi connectivity index (χ3n) is 4.68. The number of allylic oxidation sites excluding steroid dienone is 1. The average molecular weight is 471 g/mol. The van der Waals surface area contributed by atoms with Crippen LogP contribution >= 0.6 is 11.6 Å². The van der Waals surface area contributed by atoms with Gasteiger partial charge in [0.2, 0.25) is 0 Å². The van der Waals surface area contributed by atoms with E-state index < -0.39 is 24.5 Å². The summed E-state index contributed by atoms with van der Waals surface area (Å²) in [5.74, 6) is -0.984. The third-order valence-corrected chi connectivity index (χ3v) is 4.93. The van der Waals surface area contributed by atoms with Crippen LogP contribution in [0.15, 0.2) is 54.8 Å². The lowest BCUT2D eigenvalue weighted by atomic mass is 10.0. The van der Waals surface area contributed by atoms with Crippen molar-refractivity contribution in [3.63, 3.8) is 0 Å². The van der Waals surface area contributed by atoms with Crippen molar-refractivity contribution in [2.45, 2.75) is 20.0 Å². The molecule has 1 aliphatic heterocycles. The molecule has 1 aliphatic rings. The molecular formula is C24H23ClN2O6. The van der Waals surface area contributed by atoms with Crippen LogP contribution in [0.2, 0.25) is 5.02 Å². The molecule has 0 aromatic heterocycles. The van der Waals surface area contributed by atoms with Crippen LogP contribution in [0.5, 0.6) is 11.5 Å². The lowest BCUT2D eigenvalue weighted by Gasteiger charge is -2.17. The lowest BCUT2D eigenvalue weighted by molar-refractivity contribution is -0.140. The van der Waals surface area contributed by atoms with Gasteiger partial charge in [-0.3, -0.25) is 9.59 Å². The summed E-state index contributed by atoms with van der Waals surface area (Å²) in [5.41, 5.74) is 2.25. The van der Waals surface area contributed by atoms with Crippen LogP contribution < -0.4 is 14.8 Å². The molecule has 0 spiro atoms. The van der Waals surface area contributed by atoms with Gasteiger partial charge in [0, 0.05) is 10.6 Å². The quantitative estimate of drug-likeness (QED) is 0.308. The second kappa shape index (κ2) is 10.7. The molecule has 0 unspecified atom stereocenters. The molecule has 0 aliphatic carbocycles. The Labute approximate surface area is 196 Å². The number of benzene rings is 2. The van der Waals surface area contributed by atoms with Gasteiger partial charge in [0.15, 0.2) is 11.5 Å². The zero-order valence-electron chi connectivity index (χ0n) is 18.0. The van der Waals surface area contributed by atoms with E-state index in [0.29, 0.717) is 46.6 Å². The molecule has 3 amide bonds. The SMILES string of the molecule is C=CCc1cc(/C=C2/NC(=O)N(CC(=O)O)C2=O)cc(OCC)c1OCc1ccc(Cl)cc1. The Morgan fingerprint density at radius 1 is 1.21 bits per heavy atom. The first-order valence-electron chi connectivity index (χ1n) is 10.2. The minimum atomic E-state index is -1.28. The second-order valence-electron chi connectivity index (χ2n) is 7.12. The molecule has 9 heteroatoms. The number of nitrogens with one attached hydrogen (secondary N) is 1. The van der Waals surface area contributed by atoms with Crippen molar-refractivity contribution < 1.29 is 29.0 Å². The van der Waals surface area contributed by atoms with E-state index in [1.54, 1.807) is 30.3 Å². The Kier molecular flexibility index (Phi) is 7.74. The minimum absolute atomic E-state index is 0.0249. The highest BCUT2D eigenvalue weighted by atomic mass is 35.5. The van der Waals surface area contributed by atoms with E-state index in [-0.39, 0.29) is 5.70 Å². The molecule has 0 saturated carbocycles. The maximum Gasteiger partial charge on any atom is 0.329 e. The topological polar surface area (TPSA) is 105 Å². The fourth-order valence-electron chi connectivity index (χ4n) is 3.25. The van der Waals surface area contributed by atoms with Crippen LogP contribution in [0, 0.1) is 0 Å². The Morgan fingerprint density at radius 3 is 2.58 bits per heavy atom. The largest absolute Gasteiger partial charge is 0.490 e. The summed E-state index contributed by atoms with van der Waals surface area (Å²) in [6.45, 7) is 5.59. The predicted molar refractivity (Wildman–Crippen MR) is 123 cm³/mol. The highest BCUT2D eigenvalue weighted by molar-refractivity contribution is 6.30. The zero-order chi connectivity index (χ0) is 24.0. The van der Waals surface area contributed by atoms with Gasteiger partial charge in [-0.05, 0) is 54.8 Å². The van der Waals surface area contributed by atoms with Gasteiger partial charge in [0.25, 0.3) is 5.91 Å². The van der Waals surface area contributed by atoms with Gasteiger partial charge in [-0.15, -0.1) is 6.58 Å². The number of hydrogen-bond donors (Lipinski definition) is 2. The predicted octanol–water partition coefficient (Wildman–Crippen LogP) is 4.02. The number of nitrogens with zero attached hydrogens (tertiary/aromatic N) is 1. The number of rotatable bonds is 10. The first-order chi connectivity index (χ1) is 15.8. The van der Waals surface area contributed by atoms with Gasteiger partial charge < -0.3 is 19.9 Å². The van der Waals surface area contributed by atoms with Crippen molar-refractivity contribution in [2.24, 2.45) is 0 Å². The van der Waals surface area contributed by atoms with Gasteiger partial charge in [-0.25, -0.2) is 9.69 Å². The average Bonchev–Trinajstić information content (AvgIpc) is 3.02. The maximum absolute atomic E-state index is 12.5. The summed E-state index contributed by atoms with van der Waals surface area (Å²) in [4.78, 5) is 36.0. The summed E-state index contributed by atoms with van der Waals surface area (Å²) < 4.78 is 11.9. The van der Waals surface area contributed by atoms with E-state index in [4.69, 9.17) is 26.2 Å². The fraction of sp³-hybridized carbons (Fsp3) is 0.208. The first-order valence-corrected chi connectivity index (χ1v) is 10.5. The normalized spacial score (nSPS) is 14.4. The lowest BCUT2D eigenvalue weighted by Crippen LogP contribution is -2.35. The maximum atomic E-state index is 12.5. The number of aliphatic carboxylic acids is 1. The van der Waals surface area contributed by atoms with Gasteiger partial charge in [0.1, 0.15) is 18.8 Å². The van der Waals surface area contributed by atoms with E-state index in [1.807, 2.05) is 19.1 Å². The van der Waals surface area contributed by atoms with Crippen molar-refractivity contribution in [2.75, 3.05) is 13.2 Å². The molecule has 2 aromatic carbocycles. The Morgan fingerprint density at radius 2 is 1.94 bits per heavy atom. The Hall–Kier alpha value is -3.78. The molecule has 2 aromatic rings. The number of imide groups is 1. The van der Waals surface area contributed by atoms with Crippen LogP contribution in [0.25, 0.3) is 6.08 Å². The number of carboxylic acid groups (broad SMARTS) is 1. The fourth-order valence-corrected chi connectivity index (χ4v) is 3.38. The Bertz CT molecular complexity index is 1110. The molecule has 1 saturated heterocycles. The highest BCUT2D eigenvalue weighted by Crippen LogP contribution is 2.35. The molecular weight excluding hydrogens is 448 g/mol.